The number of esters is 1. The molecule has 2 bridgehead atoms. The van der Waals surface area contributed by atoms with Crippen molar-refractivity contribution < 1.29 is 14.3 Å². The van der Waals surface area contributed by atoms with Gasteiger partial charge in [0, 0.05) is 13.7 Å². The molecule has 9 heteroatoms. The zero-order valence-corrected chi connectivity index (χ0v) is 16.8. The molecular weight excluding hydrogens is 382 g/mol. The average molecular weight is 408 g/mol. The van der Waals surface area contributed by atoms with Crippen molar-refractivity contribution in [3.63, 3.8) is 0 Å². The third-order valence-electron chi connectivity index (χ3n) is 6.42. The first-order valence-electron chi connectivity index (χ1n) is 9.84. The van der Waals surface area contributed by atoms with Gasteiger partial charge in [0.2, 0.25) is 5.28 Å². The van der Waals surface area contributed by atoms with Gasteiger partial charge in [0.15, 0.2) is 11.5 Å². The van der Waals surface area contributed by atoms with Gasteiger partial charge in [-0.05, 0) is 62.5 Å². The molecule has 2 aromatic heterocycles. The third kappa shape index (κ3) is 3.67. The summed E-state index contributed by atoms with van der Waals surface area (Å²) in [6, 6.07) is 0. The van der Waals surface area contributed by atoms with Gasteiger partial charge >= 0.3 is 5.97 Å². The largest absolute Gasteiger partial charge is 0.463 e. The number of hydrogen-bond donors (Lipinski definition) is 1. The van der Waals surface area contributed by atoms with Crippen LogP contribution >= 0.6 is 11.6 Å². The number of aromatic nitrogens is 4. The number of imidazole rings is 1. The second kappa shape index (κ2) is 7.83. The van der Waals surface area contributed by atoms with E-state index in [1.165, 1.54) is 0 Å². The summed E-state index contributed by atoms with van der Waals surface area (Å²) < 4.78 is 13.1. The molecule has 152 valence electrons. The summed E-state index contributed by atoms with van der Waals surface area (Å²) in [6.45, 7) is 0.844. The lowest BCUT2D eigenvalue weighted by Crippen LogP contribution is -2.42. The number of carbonyl (C=O) groups excluding carboxylic acids is 1. The van der Waals surface area contributed by atoms with Crippen molar-refractivity contribution >= 4 is 34.6 Å². The molecule has 3 aliphatic carbocycles. The molecule has 8 nitrogen and oxygen atoms in total. The normalized spacial score (nSPS) is 25.1. The first-order valence-corrected chi connectivity index (χ1v) is 10.2. The van der Waals surface area contributed by atoms with Crippen LogP contribution < -0.4 is 5.73 Å². The van der Waals surface area contributed by atoms with Gasteiger partial charge < -0.3 is 19.8 Å². The van der Waals surface area contributed by atoms with Gasteiger partial charge in [0.25, 0.3) is 0 Å². The maximum atomic E-state index is 12.7. The molecule has 0 radical (unpaired) electrons. The molecule has 2 heterocycles. The average Bonchev–Trinajstić information content (AvgIpc) is 3.12. The zero-order chi connectivity index (χ0) is 19.7. The van der Waals surface area contributed by atoms with Gasteiger partial charge in [0.1, 0.15) is 12.1 Å². The van der Waals surface area contributed by atoms with E-state index in [1.807, 2.05) is 4.57 Å². The van der Waals surface area contributed by atoms with Gasteiger partial charge in [-0.1, -0.05) is 0 Å². The Morgan fingerprint density at radius 1 is 1.36 bits per heavy atom. The van der Waals surface area contributed by atoms with E-state index in [0.29, 0.717) is 24.1 Å². The second-order valence-electron chi connectivity index (χ2n) is 8.00. The van der Waals surface area contributed by atoms with Crippen molar-refractivity contribution in [2.24, 2.45) is 11.3 Å². The van der Waals surface area contributed by atoms with E-state index >= 15 is 0 Å². The monoisotopic (exact) mass is 407 g/mol. The fourth-order valence-electron chi connectivity index (χ4n) is 4.53. The molecule has 5 rings (SSSR count). The maximum Gasteiger partial charge on any atom is 0.312 e. The highest BCUT2D eigenvalue weighted by Crippen LogP contribution is 2.50. The minimum Gasteiger partial charge on any atom is -0.463 e. The topological polar surface area (TPSA) is 105 Å². The van der Waals surface area contributed by atoms with Crippen LogP contribution in [0.3, 0.4) is 0 Å². The van der Waals surface area contributed by atoms with Crippen LogP contribution in [0.2, 0.25) is 5.28 Å². The summed E-state index contributed by atoms with van der Waals surface area (Å²) in [6.07, 6.45) is 8.48. The van der Waals surface area contributed by atoms with Crippen molar-refractivity contribution in [3.05, 3.63) is 11.6 Å². The second-order valence-corrected chi connectivity index (χ2v) is 8.33. The Hall–Kier alpha value is -1.93. The molecule has 3 fully saturated rings. The maximum absolute atomic E-state index is 12.7. The molecule has 0 amide bonds. The highest BCUT2D eigenvalue weighted by atomic mass is 35.5. The fraction of sp³-hybridized carbons (Fsp3) is 0.684. The Kier molecular flexibility index (Phi) is 5.42. The smallest absolute Gasteiger partial charge is 0.312 e. The van der Waals surface area contributed by atoms with Gasteiger partial charge in [-0.2, -0.15) is 9.97 Å². The number of halogens is 1. The van der Waals surface area contributed by atoms with E-state index < -0.39 is 0 Å². The molecule has 3 saturated carbocycles. The summed E-state index contributed by atoms with van der Waals surface area (Å²) in [5, 5.41) is 0.0884. The Morgan fingerprint density at radius 3 is 2.75 bits per heavy atom. The van der Waals surface area contributed by atoms with Gasteiger partial charge in [-0.15, -0.1) is 0 Å². The number of carbonyl (C=O) groups is 1. The predicted molar refractivity (Wildman–Crippen MR) is 105 cm³/mol. The molecule has 0 saturated heterocycles. The fourth-order valence-corrected chi connectivity index (χ4v) is 4.70. The van der Waals surface area contributed by atoms with E-state index in [2.05, 4.69) is 15.0 Å². The Balaban J connectivity index is 1.34. The predicted octanol–water partition coefficient (Wildman–Crippen LogP) is 2.98. The van der Waals surface area contributed by atoms with Gasteiger partial charge in [0.05, 0.1) is 17.8 Å². The molecule has 0 spiro atoms. The van der Waals surface area contributed by atoms with Crippen LogP contribution in [-0.4, -0.2) is 45.3 Å². The van der Waals surface area contributed by atoms with Crippen LogP contribution in [0.5, 0.6) is 0 Å². The number of methoxy groups -OCH3 is 1. The SMILES string of the molecule is COC(CCn1cnc2c(N)nc(Cl)nc21)COC(=O)C12CCC(CC1)CC2. The molecule has 28 heavy (non-hydrogen) atoms. The quantitative estimate of drug-likeness (QED) is 0.555. The molecule has 2 aromatic rings. The van der Waals surface area contributed by atoms with Crippen molar-refractivity contribution in [1.29, 1.82) is 0 Å². The molecule has 2 N–H and O–H groups in total. The Labute approximate surface area is 168 Å². The summed E-state index contributed by atoms with van der Waals surface area (Å²) in [7, 11) is 1.63. The number of ether oxygens (including phenoxy) is 2. The number of anilines is 1. The lowest BCUT2D eigenvalue weighted by molar-refractivity contribution is -0.166. The molecule has 0 aromatic carbocycles. The molecule has 1 unspecified atom stereocenters. The van der Waals surface area contributed by atoms with E-state index in [0.717, 1.165) is 44.4 Å². The first kappa shape index (κ1) is 19.4. The van der Waals surface area contributed by atoms with Crippen LogP contribution in [0.25, 0.3) is 11.2 Å². The summed E-state index contributed by atoms with van der Waals surface area (Å²) in [4.78, 5) is 25.1. The summed E-state index contributed by atoms with van der Waals surface area (Å²) >= 11 is 5.91. The standard InChI is InChI=1S/C19H26ClN5O3/c1-27-13(10-28-17(26)19-6-2-12(3-7-19)4-8-19)5-9-25-11-22-14-15(21)23-18(20)24-16(14)25/h11-13H,2-10H2,1H3,(H2,21,23,24). The molecular formula is C19H26ClN5O3. The van der Waals surface area contributed by atoms with Crippen LogP contribution in [0.15, 0.2) is 6.33 Å². The van der Waals surface area contributed by atoms with Gasteiger partial charge in [-0.3, -0.25) is 4.79 Å². The highest BCUT2D eigenvalue weighted by Gasteiger charge is 2.47. The first-order chi connectivity index (χ1) is 13.5. The van der Waals surface area contributed by atoms with Crippen molar-refractivity contribution in [2.75, 3.05) is 19.5 Å². The third-order valence-corrected chi connectivity index (χ3v) is 6.58. The number of rotatable bonds is 7. The molecule has 3 aliphatic rings. The molecule has 1 atom stereocenters. The number of aryl methyl sites for hydroxylation is 1. The number of nitrogen functional groups attached to an aromatic ring is 1. The van der Waals surface area contributed by atoms with E-state index in [1.54, 1.807) is 13.4 Å². The van der Waals surface area contributed by atoms with Crippen LogP contribution in [-0.2, 0) is 20.8 Å². The molecule has 0 aliphatic heterocycles. The van der Waals surface area contributed by atoms with Crippen molar-refractivity contribution in [1.82, 2.24) is 19.5 Å². The number of nitrogens with zero attached hydrogens (tertiary/aromatic N) is 4. The van der Waals surface area contributed by atoms with Crippen LogP contribution in [0.1, 0.15) is 44.9 Å². The zero-order valence-electron chi connectivity index (χ0n) is 16.1. The van der Waals surface area contributed by atoms with E-state index in [4.69, 9.17) is 26.8 Å². The summed E-state index contributed by atoms with van der Waals surface area (Å²) in [5.74, 6) is 1.03. The number of fused-ring (bicyclic) bond motifs is 4. The van der Waals surface area contributed by atoms with Crippen LogP contribution in [0.4, 0.5) is 5.82 Å². The Morgan fingerprint density at radius 2 is 2.07 bits per heavy atom. The Bertz CT molecular complexity index is 849. The lowest BCUT2D eigenvalue weighted by Gasteiger charge is -2.44. The summed E-state index contributed by atoms with van der Waals surface area (Å²) in [5.41, 5.74) is 6.70. The minimum absolute atomic E-state index is 0.0481. The van der Waals surface area contributed by atoms with Crippen molar-refractivity contribution in [2.45, 2.75) is 57.6 Å². The number of nitrogens with two attached hydrogens (primary N) is 1. The van der Waals surface area contributed by atoms with E-state index in [9.17, 15) is 4.79 Å². The van der Waals surface area contributed by atoms with Crippen LogP contribution in [0, 0.1) is 11.3 Å². The minimum atomic E-state index is -0.251. The van der Waals surface area contributed by atoms with Crippen molar-refractivity contribution in [3.8, 4) is 0 Å². The van der Waals surface area contributed by atoms with Gasteiger partial charge in [-0.25, -0.2) is 4.98 Å². The van der Waals surface area contributed by atoms with E-state index in [-0.39, 0.29) is 35.2 Å². The highest BCUT2D eigenvalue weighted by molar-refractivity contribution is 6.28. The number of hydrogen-bond acceptors (Lipinski definition) is 7. The lowest BCUT2D eigenvalue weighted by atomic mass is 9.61.